The summed E-state index contributed by atoms with van der Waals surface area (Å²) in [7, 11) is 1.55. The Morgan fingerprint density at radius 2 is 2.05 bits per heavy atom. The summed E-state index contributed by atoms with van der Waals surface area (Å²) in [6.07, 6.45) is 0.739. The predicted molar refractivity (Wildman–Crippen MR) is 75.0 cm³/mol. The number of carbonyl (C=O) groups excluding carboxylic acids is 1. The van der Waals surface area contributed by atoms with E-state index in [0.717, 1.165) is 12.0 Å². The van der Waals surface area contributed by atoms with Crippen LogP contribution in [-0.2, 0) is 9.53 Å². The van der Waals surface area contributed by atoms with Crippen LogP contribution in [0, 0.1) is 0 Å². The van der Waals surface area contributed by atoms with Crippen LogP contribution in [-0.4, -0.2) is 37.4 Å². The minimum absolute atomic E-state index is 0.0123. The molecule has 0 saturated carbocycles. The molecular weight excluding hydrogens is 242 g/mol. The SMILES string of the molecule is CCC(C(=O)NCCC(O)COC)c1ccccc1. The molecule has 106 valence electrons. The summed E-state index contributed by atoms with van der Waals surface area (Å²) in [6, 6.07) is 9.75. The molecule has 4 nitrogen and oxygen atoms in total. The highest BCUT2D eigenvalue weighted by Crippen LogP contribution is 2.19. The fraction of sp³-hybridized carbons (Fsp3) is 0.533. The molecule has 4 heteroatoms. The van der Waals surface area contributed by atoms with Gasteiger partial charge >= 0.3 is 0 Å². The molecule has 0 heterocycles. The molecule has 1 aromatic rings. The summed E-state index contributed by atoms with van der Waals surface area (Å²) in [4.78, 5) is 12.1. The third kappa shape index (κ3) is 5.41. The molecule has 19 heavy (non-hydrogen) atoms. The number of amides is 1. The summed E-state index contributed by atoms with van der Waals surface area (Å²) >= 11 is 0. The Morgan fingerprint density at radius 3 is 2.63 bits per heavy atom. The van der Waals surface area contributed by atoms with E-state index in [4.69, 9.17) is 4.74 Å². The normalized spacial score (nSPS) is 13.8. The van der Waals surface area contributed by atoms with Gasteiger partial charge in [0.2, 0.25) is 5.91 Å². The highest BCUT2D eigenvalue weighted by atomic mass is 16.5. The van der Waals surface area contributed by atoms with Crippen LogP contribution in [0.5, 0.6) is 0 Å². The van der Waals surface area contributed by atoms with E-state index in [9.17, 15) is 9.90 Å². The number of aliphatic hydroxyl groups is 1. The molecule has 1 rings (SSSR count). The molecule has 2 atom stereocenters. The maximum atomic E-state index is 12.1. The van der Waals surface area contributed by atoms with Crippen LogP contribution < -0.4 is 5.32 Å². The quantitative estimate of drug-likeness (QED) is 0.752. The molecule has 1 aromatic carbocycles. The number of carbonyl (C=O) groups is 1. The lowest BCUT2D eigenvalue weighted by Crippen LogP contribution is -2.32. The van der Waals surface area contributed by atoms with E-state index in [0.29, 0.717) is 19.6 Å². The Morgan fingerprint density at radius 1 is 1.37 bits per heavy atom. The van der Waals surface area contributed by atoms with Crippen LogP contribution in [0.1, 0.15) is 31.2 Å². The smallest absolute Gasteiger partial charge is 0.227 e. The molecular formula is C15H23NO3. The average Bonchev–Trinajstić information content (AvgIpc) is 2.41. The lowest BCUT2D eigenvalue weighted by Gasteiger charge is -2.16. The van der Waals surface area contributed by atoms with Crippen molar-refractivity contribution >= 4 is 5.91 Å². The Hall–Kier alpha value is -1.39. The van der Waals surface area contributed by atoms with Gasteiger partial charge < -0.3 is 15.2 Å². The van der Waals surface area contributed by atoms with Crippen LogP contribution in [0.25, 0.3) is 0 Å². The van der Waals surface area contributed by atoms with Gasteiger partial charge in [0.05, 0.1) is 18.6 Å². The second-order valence-electron chi connectivity index (χ2n) is 4.56. The van der Waals surface area contributed by atoms with Crippen molar-refractivity contribution in [1.82, 2.24) is 5.32 Å². The summed E-state index contributed by atoms with van der Waals surface area (Å²) in [5.74, 6) is -0.112. The van der Waals surface area contributed by atoms with Gasteiger partial charge in [0, 0.05) is 13.7 Å². The number of ether oxygens (including phenoxy) is 1. The van der Waals surface area contributed by atoms with E-state index in [1.807, 2.05) is 37.3 Å². The lowest BCUT2D eigenvalue weighted by molar-refractivity contribution is -0.122. The zero-order chi connectivity index (χ0) is 14.1. The van der Waals surface area contributed by atoms with Gasteiger partial charge in [-0.1, -0.05) is 37.3 Å². The third-order valence-corrected chi connectivity index (χ3v) is 3.06. The van der Waals surface area contributed by atoms with Gasteiger partial charge in [0.1, 0.15) is 0 Å². The molecule has 2 unspecified atom stereocenters. The maximum Gasteiger partial charge on any atom is 0.227 e. The Labute approximate surface area is 114 Å². The minimum atomic E-state index is -0.526. The zero-order valence-electron chi connectivity index (χ0n) is 11.6. The van der Waals surface area contributed by atoms with Gasteiger partial charge in [0.25, 0.3) is 0 Å². The van der Waals surface area contributed by atoms with Gasteiger partial charge in [-0.2, -0.15) is 0 Å². The van der Waals surface area contributed by atoms with Crippen molar-refractivity contribution in [2.45, 2.75) is 31.8 Å². The standard InChI is InChI=1S/C15H23NO3/c1-3-14(12-7-5-4-6-8-12)15(18)16-10-9-13(17)11-19-2/h4-8,13-14,17H,3,9-11H2,1-2H3,(H,16,18). The first-order valence-electron chi connectivity index (χ1n) is 6.68. The number of nitrogens with one attached hydrogen (secondary N) is 1. The van der Waals surface area contributed by atoms with Crippen LogP contribution in [0.4, 0.5) is 0 Å². The molecule has 0 saturated heterocycles. The molecule has 0 bridgehead atoms. The van der Waals surface area contributed by atoms with Gasteiger partial charge in [-0.15, -0.1) is 0 Å². The summed E-state index contributed by atoms with van der Waals surface area (Å²) < 4.78 is 4.84. The lowest BCUT2D eigenvalue weighted by atomic mass is 9.95. The molecule has 0 aliphatic carbocycles. The molecule has 0 aliphatic rings. The molecule has 1 amide bonds. The van der Waals surface area contributed by atoms with Gasteiger partial charge in [-0.3, -0.25) is 4.79 Å². The molecule has 0 aromatic heterocycles. The van der Waals surface area contributed by atoms with Crippen molar-refractivity contribution in [2.75, 3.05) is 20.3 Å². The first-order chi connectivity index (χ1) is 9.19. The summed E-state index contributed by atoms with van der Waals surface area (Å²) in [5.41, 5.74) is 1.03. The van der Waals surface area contributed by atoms with Crippen molar-refractivity contribution in [3.8, 4) is 0 Å². The Balaban J connectivity index is 2.43. The van der Waals surface area contributed by atoms with Crippen LogP contribution in [0.15, 0.2) is 30.3 Å². The molecule has 2 N–H and O–H groups in total. The fourth-order valence-corrected chi connectivity index (χ4v) is 2.02. The molecule has 0 spiro atoms. The van der Waals surface area contributed by atoms with E-state index in [1.54, 1.807) is 7.11 Å². The van der Waals surface area contributed by atoms with E-state index in [-0.39, 0.29) is 11.8 Å². The predicted octanol–water partition coefficient (Wildman–Crippen LogP) is 1.69. The Bertz CT molecular complexity index is 367. The van der Waals surface area contributed by atoms with Crippen molar-refractivity contribution in [1.29, 1.82) is 0 Å². The number of hydrogen-bond acceptors (Lipinski definition) is 3. The van der Waals surface area contributed by atoms with Crippen molar-refractivity contribution in [3.05, 3.63) is 35.9 Å². The Kier molecular flexibility index (Phi) is 7.15. The van der Waals surface area contributed by atoms with Crippen LogP contribution >= 0.6 is 0 Å². The fourth-order valence-electron chi connectivity index (χ4n) is 2.02. The summed E-state index contributed by atoms with van der Waals surface area (Å²) in [5, 5.41) is 12.4. The first kappa shape index (κ1) is 15.7. The van der Waals surface area contributed by atoms with E-state index in [2.05, 4.69) is 5.32 Å². The highest BCUT2D eigenvalue weighted by molar-refractivity contribution is 5.83. The number of aliphatic hydroxyl groups excluding tert-OH is 1. The monoisotopic (exact) mass is 265 g/mol. The maximum absolute atomic E-state index is 12.1. The number of rotatable bonds is 8. The summed E-state index contributed by atoms with van der Waals surface area (Å²) in [6.45, 7) is 2.76. The first-order valence-corrected chi connectivity index (χ1v) is 6.68. The second-order valence-corrected chi connectivity index (χ2v) is 4.56. The molecule has 0 fully saturated rings. The molecule has 0 aliphatic heterocycles. The zero-order valence-corrected chi connectivity index (χ0v) is 11.6. The average molecular weight is 265 g/mol. The van der Waals surface area contributed by atoms with Gasteiger partial charge in [0.15, 0.2) is 0 Å². The van der Waals surface area contributed by atoms with Gasteiger partial charge in [-0.25, -0.2) is 0 Å². The minimum Gasteiger partial charge on any atom is -0.391 e. The highest BCUT2D eigenvalue weighted by Gasteiger charge is 2.18. The topological polar surface area (TPSA) is 58.6 Å². The van der Waals surface area contributed by atoms with E-state index >= 15 is 0 Å². The van der Waals surface area contributed by atoms with Crippen molar-refractivity contribution in [3.63, 3.8) is 0 Å². The number of hydrogen-bond donors (Lipinski definition) is 2. The number of methoxy groups -OCH3 is 1. The van der Waals surface area contributed by atoms with E-state index < -0.39 is 6.10 Å². The van der Waals surface area contributed by atoms with Crippen LogP contribution in [0.2, 0.25) is 0 Å². The third-order valence-electron chi connectivity index (χ3n) is 3.06. The van der Waals surface area contributed by atoms with Crippen molar-refractivity contribution in [2.24, 2.45) is 0 Å². The molecule has 0 radical (unpaired) electrons. The van der Waals surface area contributed by atoms with Crippen molar-refractivity contribution < 1.29 is 14.6 Å². The largest absolute Gasteiger partial charge is 0.391 e. The van der Waals surface area contributed by atoms with E-state index in [1.165, 1.54) is 0 Å². The second kappa shape index (κ2) is 8.67. The van der Waals surface area contributed by atoms with Gasteiger partial charge in [-0.05, 0) is 18.4 Å². The number of benzene rings is 1. The van der Waals surface area contributed by atoms with Crippen LogP contribution in [0.3, 0.4) is 0 Å².